The van der Waals surface area contributed by atoms with Crippen molar-refractivity contribution >= 4 is 0 Å². The Morgan fingerprint density at radius 3 is 2.95 bits per heavy atom. The average molecular weight is 274 g/mol. The molecule has 1 aromatic carbocycles. The molecule has 1 aliphatic carbocycles. The molecule has 2 heteroatoms. The molecule has 1 N–H and O–H groups in total. The Bertz CT molecular complexity index is 443. The molecule has 1 aromatic rings. The summed E-state index contributed by atoms with van der Waals surface area (Å²) < 4.78 is 6.01. The molecule has 3 rings (SSSR count). The molecule has 110 valence electrons. The fraction of sp³-hybridized carbons (Fsp3) is 0.667. The summed E-state index contributed by atoms with van der Waals surface area (Å²) in [5.74, 6) is 1.20. The van der Waals surface area contributed by atoms with Gasteiger partial charge in [-0.2, -0.15) is 0 Å². The second-order valence-corrected chi connectivity index (χ2v) is 6.46. The van der Waals surface area contributed by atoms with Gasteiger partial charge in [0.15, 0.2) is 0 Å². The molecule has 2 nitrogen and oxygen atoms in total. The maximum absolute atomic E-state index is 10.3. The first-order valence-electron chi connectivity index (χ1n) is 8.15. The Morgan fingerprint density at radius 2 is 2.10 bits per heavy atom. The molecule has 1 heterocycles. The molecule has 2 aliphatic rings. The van der Waals surface area contributed by atoms with Crippen molar-refractivity contribution in [2.24, 2.45) is 11.8 Å². The standard InChI is InChI=1S/C18H26O2/c1-2-13-7-8-17(19)15(11-13)12-18-16-6-4-3-5-14(16)9-10-20-18/h3-6,13,15,17-19H,2,7-12H2,1H3. The van der Waals surface area contributed by atoms with E-state index < -0.39 is 0 Å². The van der Waals surface area contributed by atoms with Crippen LogP contribution in [0.15, 0.2) is 24.3 Å². The van der Waals surface area contributed by atoms with Gasteiger partial charge in [-0.15, -0.1) is 0 Å². The lowest BCUT2D eigenvalue weighted by molar-refractivity contribution is -0.0189. The zero-order valence-corrected chi connectivity index (χ0v) is 12.4. The number of fused-ring (bicyclic) bond motifs is 1. The van der Waals surface area contributed by atoms with Gasteiger partial charge < -0.3 is 9.84 Å². The summed E-state index contributed by atoms with van der Waals surface area (Å²) in [6, 6.07) is 8.64. The first-order chi connectivity index (χ1) is 9.78. The summed E-state index contributed by atoms with van der Waals surface area (Å²) in [6.45, 7) is 3.09. The van der Waals surface area contributed by atoms with Gasteiger partial charge in [-0.1, -0.05) is 37.6 Å². The van der Waals surface area contributed by atoms with Crippen LogP contribution in [0.2, 0.25) is 0 Å². The molecule has 0 amide bonds. The number of ether oxygens (including phenoxy) is 1. The van der Waals surface area contributed by atoms with E-state index in [1.807, 2.05) is 0 Å². The van der Waals surface area contributed by atoms with E-state index in [4.69, 9.17) is 4.74 Å². The van der Waals surface area contributed by atoms with Gasteiger partial charge in [0.2, 0.25) is 0 Å². The molecular weight excluding hydrogens is 248 g/mol. The molecule has 0 aromatic heterocycles. The Hall–Kier alpha value is -0.860. The van der Waals surface area contributed by atoms with Crippen molar-refractivity contribution in [1.29, 1.82) is 0 Å². The van der Waals surface area contributed by atoms with Crippen molar-refractivity contribution in [3.63, 3.8) is 0 Å². The topological polar surface area (TPSA) is 29.5 Å². The lowest BCUT2D eigenvalue weighted by atomic mass is 9.75. The fourth-order valence-corrected chi connectivity index (χ4v) is 3.92. The highest BCUT2D eigenvalue weighted by atomic mass is 16.5. The largest absolute Gasteiger partial charge is 0.393 e. The van der Waals surface area contributed by atoms with Gasteiger partial charge in [0, 0.05) is 0 Å². The summed E-state index contributed by atoms with van der Waals surface area (Å²) in [7, 11) is 0. The third-order valence-corrected chi connectivity index (χ3v) is 5.24. The van der Waals surface area contributed by atoms with Crippen molar-refractivity contribution in [1.82, 2.24) is 0 Å². The van der Waals surface area contributed by atoms with E-state index in [-0.39, 0.29) is 12.2 Å². The van der Waals surface area contributed by atoms with Gasteiger partial charge in [0.25, 0.3) is 0 Å². The summed E-state index contributed by atoms with van der Waals surface area (Å²) in [4.78, 5) is 0. The maximum Gasteiger partial charge on any atom is 0.0831 e. The van der Waals surface area contributed by atoms with E-state index >= 15 is 0 Å². The Labute approximate surface area is 122 Å². The summed E-state index contributed by atoms with van der Waals surface area (Å²) in [6.07, 6.45) is 6.64. The van der Waals surface area contributed by atoms with Crippen molar-refractivity contribution in [2.45, 2.75) is 57.7 Å². The predicted molar refractivity (Wildman–Crippen MR) is 80.6 cm³/mol. The molecule has 0 saturated heterocycles. The van der Waals surface area contributed by atoms with Crippen LogP contribution in [-0.4, -0.2) is 17.8 Å². The molecule has 0 spiro atoms. The molecule has 4 unspecified atom stereocenters. The minimum atomic E-state index is -0.129. The van der Waals surface area contributed by atoms with Gasteiger partial charge in [0.05, 0.1) is 18.8 Å². The van der Waals surface area contributed by atoms with Crippen LogP contribution < -0.4 is 0 Å². The molecule has 0 bridgehead atoms. The van der Waals surface area contributed by atoms with Gasteiger partial charge in [-0.05, 0) is 55.1 Å². The highest BCUT2D eigenvalue weighted by Crippen LogP contribution is 2.39. The number of benzene rings is 1. The van der Waals surface area contributed by atoms with Crippen LogP contribution in [0.3, 0.4) is 0 Å². The van der Waals surface area contributed by atoms with Crippen molar-refractivity contribution in [2.75, 3.05) is 6.61 Å². The molecule has 1 fully saturated rings. The Balaban J connectivity index is 1.71. The van der Waals surface area contributed by atoms with E-state index in [1.165, 1.54) is 30.4 Å². The maximum atomic E-state index is 10.3. The quantitative estimate of drug-likeness (QED) is 0.906. The summed E-state index contributed by atoms with van der Waals surface area (Å²) in [5.41, 5.74) is 2.78. The minimum Gasteiger partial charge on any atom is -0.393 e. The fourth-order valence-electron chi connectivity index (χ4n) is 3.92. The minimum absolute atomic E-state index is 0.129. The van der Waals surface area contributed by atoms with Crippen LogP contribution in [0.5, 0.6) is 0 Å². The van der Waals surface area contributed by atoms with Gasteiger partial charge >= 0.3 is 0 Å². The third-order valence-electron chi connectivity index (χ3n) is 5.24. The second kappa shape index (κ2) is 6.28. The van der Waals surface area contributed by atoms with Crippen LogP contribution >= 0.6 is 0 Å². The molecule has 1 saturated carbocycles. The van der Waals surface area contributed by atoms with E-state index in [1.54, 1.807) is 0 Å². The number of hydrogen-bond donors (Lipinski definition) is 1. The van der Waals surface area contributed by atoms with Crippen LogP contribution in [-0.2, 0) is 11.2 Å². The molecule has 0 radical (unpaired) electrons. The number of aliphatic hydroxyl groups is 1. The van der Waals surface area contributed by atoms with Gasteiger partial charge in [-0.3, -0.25) is 0 Å². The highest BCUT2D eigenvalue weighted by molar-refractivity contribution is 5.30. The van der Waals surface area contributed by atoms with Crippen LogP contribution in [0, 0.1) is 11.8 Å². The predicted octanol–water partition coefficient (Wildman–Crippen LogP) is 3.88. The number of hydrogen-bond acceptors (Lipinski definition) is 2. The van der Waals surface area contributed by atoms with Crippen LogP contribution in [0.25, 0.3) is 0 Å². The monoisotopic (exact) mass is 274 g/mol. The van der Waals surface area contributed by atoms with Crippen molar-refractivity contribution in [3.8, 4) is 0 Å². The molecular formula is C18H26O2. The summed E-state index contributed by atoms with van der Waals surface area (Å²) in [5, 5.41) is 10.3. The first kappa shape index (κ1) is 14.1. The average Bonchev–Trinajstić information content (AvgIpc) is 2.50. The van der Waals surface area contributed by atoms with E-state index in [0.717, 1.165) is 31.8 Å². The highest BCUT2D eigenvalue weighted by Gasteiger charge is 2.32. The van der Waals surface area contributed by atoms with Crippen LogP contribution in [0.4, 0.5) is 0 Å². The van der Waals surface area contributed by atoms with E-state index in [9.17, 15) is 5.11 Å². The molecule has 20 heavy (non-hydrogen) atoms. The van der Waals surface area contributed by atoms with Crippen molar-refractivity contribution in [3.05, 3.63) is 35.4 Å². The first-order valence-corrected chi connectivity index (χ1v) is 8.15. The van der Waals surface area contributed by atoms with E-state index in [0.29, 0.717) is 5.92 Å². The lowest BCUT2D eigenvalue weighted by Gasteiger charge is -2.36. The second-order valence-electron chi connectivity index (χ2n) is 6.46. The van der Waals surface area contributed by atoms with Crippen molar-refractivity contribution < 1.29 is 9.84 Å². The molecule has 4 atom stereocenters. The van der Waals surface area contributed by atoms with Gasteiger partial charge in [0.1, 0.15) is 0 Å². The van der Waals surface area contributed by atoms with Crippen LogP contribution in [0.1, 0.15) is 56.3 Å². The normalized spacial score (nSPS) is 33.7. The summed E-state index contributed by atoms with van der Waals surface area (Å²) >= 11 is 0. The third kappa shape index (κ3) is 2.91. The smallest absolute Gasteiger partial charge is 0.0831 e. The SMILES string of the molecule is CCC1CCC(O)C(CC2OCCc3ccccc32)C1. The Morgan fingerprint density at radius 1 is 1.25 bits per heavy atom. The molecule has 1 aliphatic heterocycles. The van der Waals surface area contributed by atoms with Gasteiger partial charge in [-0.25, -0.2) is 0 Å². The lowest BCUT2D eigenvalue weighted by Crippen LogP contribution is -2.31. The number of aliphatic hydroxyl groups excluding tert-OH is 1. The number of rotatable bonds is 3. The zero-order chi connectivity index (χ0) is 13.9. The zero-order valence-electron chi connectivity index (χ0n) is 12.4. The van der Waals surface area contributed by atoms with E-state index in [2.05, 4.69) is 31.2 Å². The Kier molecular flexibility index (Phi) is 4.42.